The van der Waals surface area contributed by atoms with Crippen molar-refractivity contribution in [3.8, 4) is 5.75 Å². The number of aromatic nitrogens is 1. The van der Waals surface area contributed by atoms with Gasteiger partial charge in [0.1, 0.15) is 6.61 Å². The van der Waals surface area contributed by atoms with Crippen molar-refractivity contribution >= 4 is 22.9 Å². The predicted octanol–water partition coefficient (Wildman–Crippen LogP) is 3.51. The minimum absolute atomic E-state index is 0.224. The third kappa shape index (κ3) is 2.67. The van der Waals surface area contributed by atoms with Crippen LogP contribution in [-0.4, -0.2) is 4.98 Å². The van der Waals surface area contributed by atoms with Crippen LogP contribution in [0.25, 0.3) is 0 Å². The summed E-state index contributed by atoms with van der Waals surface area (Å²) in [5.41, 5.74) is 0.702. The lowest BCUT2D eigenvalue weighted by Crippen LogP contribution is -1.97. The maximum Gasteiger partial charge on any atom is 0.183 e. The topological polar surface area (TPSA) is 22.1 Å². The number of hydrogen-bond acceptors (Lipinski definition) is 3. The minimum atomic E-state index is -0.376. The molecule has 0 saturated heterocycles. The van der Waals surface area contributed by atoms with Crippen LogP contribution in [0.3, 0.4) is 0 Å². The number of ether oxygens (including phenoxy) is 1. The van der Waals surface area contributed by atoms with Gasteiger partial charge in [-0.25, -0.2) is 9.37 Å². The van der Waals surface area contributed by atoms with Crippen molar-refractivity contribution in [3.63, 3.8) is 0 Å². The zero-order valence-corrected chi connectivity index (χ0v) is 9.19. The molecule has 1 aromatic carbocycles. The Morgan fingerprint density at radius 2 is 2.20 bits per heavy atom. The van der Waals surface area contributed by atoms with Crippen LogP contribution in [0, 0.1) is 5.82 Å². The summed E-state index contributed by atoms with van der Waals surface area (Å²) in [5, 5.41) is 1.78. The van der Waals surface area contributed by atoms with Crippen molar-refractivity contribution in [3.05, 3.63) is 45.6 Å². The van der Waals surface area contributed by atoms with E-state index < -0.39 is 0 Å². The molecule has 0 amide bonds. The summed E-state index contributed by atoms with van der Waals surface area (Å²) in [7, 11) is 0. The number of para-hydroxylation sites is 1. The summed E-state index contributed by atoms with van der Waals surface area (Å²) in [6, 6.07) is 6.25. The molecular formula is C10H7ClFNOS. The van der Waals surface area contributed by atoms with Crippen LogP contribution in [0.4, 0.5) is 4.39 Å². The van der Waals surface area contributed by atoms with Crippen molar-refractivity contribution in [2.45, 2.75) is 6.61 Å². The molecule has 0 aliphatic heterocycles. The van der Waals surface area contributed by atoms with E-state index in [0.717, 1.165) is 0 Å². The lowest BCUT2D eigenvalue weighted by atomic mass is 10.3. The summed E-state index contributed by atoms with van der Waals surface area (Å²) in [5.74, 6) is -0.152. The molecule has 0 N–H and O–H groups in total. The van der Waals surface area contributed by atoms with Crippen LogP contribution in [0.5, 0.6) is 5.75 Å². The highest BCUT2D eigenvalue weighted by Crippen LogP contribution is 2.19. The van der Waals surface area contributed by atoms with Crippen LogP contribution >= 0.6 is 22.9 Å². The minimum Gasteiger partial charge on any atom is -0.484 e. The molecule has 0 aliphatic carbocycles. The standard InChI is InChI=1S/C10H7ClFNOS/c11-10-13-7(6-15-10)5-14-9-4-2-1-3-8(9)12/h1-4,6H,5H2. The molecule has 2 nitrogen and oxygen atoms in total. The highest BCUT2D eigenvalue weighted by atomic mass is 35.5. The first-order valence-corrected chi connectivity index (χ1v) is 5.48. The monoisotopic (exact) mass is 243 g/mol. The summed E-state index contributed by atoms with van der Waals surface area (Å²) >= 11 is 6.98. The number of rotatable bonds is 3. The Hall–Kier alpha value is -1.13. The largest absolute Gasteiger partial charge is 0.484 e. The van der Waals surface area contributed by atoms with Gasteiger partial charge < -0.3 is 4.74 Å². The van der Waals surface area contributed by atoms with E-state index in [9.17, 15) is 4.39 Å². The summed E-state index contributed by atoms with van der Waals surface area (Å²) in [6.07, 6.45) is 0. The van der Waals surface area contributed by atoms with Gasteiger partial charge in [0.05, 0.1) is 5.69 Å². The Bertz CT molecular complexity index is 460. The third-order valence-electron chi connectivity index (χ3n) is 1.74. The molecule has 15 heavy (non-hydrogen) atoms. The maximum absolute atomic E-state index is 13.1. The first-order valence-electron chi connectivity index (χ1n) is 4.23. The number of thiazole rings is 1. The molecule has 1 aromatic heterocycles. The van der Waals surface area contributed by atoms with Gasteiger partial charge in [0.25, 0.3) is 0 Å². The van der Waals surface area contributed by atoms with Crippen LogP contribution < -0.4 is 4.74 Å². The van der Waals surface area contributed by atoms with Crippen LogP contribution in [0.1, 0.15) is 5.69 Å². The quantitative estimate of drug-likeness (QED) is 0.823. The Kier molecular flexibility index (Phi) is 3.18. The van der Waals surface area contributed by atoms with E-state index in [4.69, 9.17) is 16.3 Å². The van der Waals surface area contributed by atoms with E-state index >= 15 is 0 Å². The molecule has 0 fully saturated rings. The molecule has 0 spiro atoms. The van der Waals surface area contributed by atoms with E-state index in [0.29, 0.717) is 10.2 Å². The van der Waals surface area contributed by atoms with E-state index in [-0.39, 0.29) is 18.2 Å². The highest BCUT2D eigenvalue weighted by molar-refractivity contribution is 7.13. The van der Waals surface area contributed by atoms with Crippen molar-refractivity contribution < 1.29 is 9.13 Å². The average Bonchev–Trinajstić information content (AvgIpc) is 2.63. The Balaban J connectivity index is 2.02. The van der Waals surface area contributed by atoms with Gasteiger partial charge in [-0.1, -0.05) is 23.7 Å². The van der Waals surface area contributed by atoms with E-state index in [2.05, 4.69) is 4.98 Å². The SMILES string of the molecule is Fc1ccccc1OCc1csc(Cl)n1. The Labute approximate surface area is 95.3 Å². The zero-order valence-electron chi connectivity index (χ0n) is 7.61. The Morgan fingerprint density at radius 1 is 1.40 bits per heavy atom. The lowest BCUT2D eigenvalue weighted by molar-refractivity contribution is 0.286. The molecule has 0 unspecified atom stereocenters. The summed E-state index contributed by atoms with van der Waals surface area (Å²) in [6.45, 7) is 0.226. The second-order valence-electron chi connectivity index (χ2n) is 2.81. The smallest absolute Gasteiger partial charge is 0.183 e. The third-order valence-corrected chi connectivity index (χ3v) is 2.76. The summed E-state index contributed by atoms with van der Waals surface area (Å²) < 4.78 is 18.8. The number of halogens is 2. The number of nitrogens with zero attached hydrogens (tertiary/aromatic N) is 1. The van der Waals surface area contributed by atoms with Gasteiger partial charge in [-0.2, -0.15) is 0 Å². The van der Waals surface area contributed by atoms with Gasteiger partial charge in [-0.05, 0) is 12.1 Å². The van der Waals surface area contributed by atoms with Crippen LogP contribution in [-0.2, 0) is 6.61 Å². The molecule has 2 rings (SSSR count). The van der Waals surface area contributed by atoms with Gasteiger partial charge in [-0.3, -0.25) is 0 Å². The normalized spacial score (nSPS) is 10.3. The number of benzene rings is 1. The molecule has 0 atom stereocenters. The molecule has 2 aromatic rings. The fraction of sp³-hybridized carbons (Fsp3) is 0.100. The van der Waals surface area contributed by atoms with Crippen molar-refractivity contribution in [2.75, 3.05) is 0 Å². The van der Waals surface area contributed by atoms with Gasteiger partial charge in [0, 0.05) is 5.38 Å². The molecule has 0 radical (unpaired) electrons. The lowest BCUT2D eigenvalue weighted by Gasteiger charge is -2.04. The van der Waals surface area contributed by atoms with Crippen molar-refractivity contribution in [1.29, 1.82) is 0 Å². The fourth-order valence-electron chi connectivity index (χ4n) is 1.06. The van der Waals surface area contributed by atoms with Crippen molar-refractivity contribution in [1.82, 2.24) is 4.98 Å². The molecule has 0 aliphatic rings. The first-order chi connectivity index (χ1) is 7.25. The van der Waals surface area contributed by atoms with Crippen molar-refractivity contribution in [2.24, 2.45) is 0 Å². The van der Waals surface area contributed by atoms with Gasteiger partial charge in [0.2, 0.25) is 0 Å². The van der Waals surface area contributed by atoms with E-state index in [1.165, 1.54) is 17.4 Å². The maximum atomic E-state index is 13.1. The first kappa shape index (κ1) is 10.4. The summed E-state index contributed by atoms with van der Waals surface area (Å²) in [4.78, 5) is 3.99. The van der Waals surface area contributed by atoms with Crippen LogP contribution in [0.2, 0.25) is 4.47 Å². The molecule has 0 saturated carbocycles. The molecule has 0 bridgehead atoms. The Morgan fingerprint density at radius 3 is 2.87 bits per heavy atom. The van der Waals surface area contributed by atoms with E-state index in [1.807, 2.05) is 0 Å². The predicted molar refractivity (Wildman–Crippen MR) is 57.9 cm³/mol. The highest BCUT2D eigenvalue weighted by Gasteiger charge is 2.04. The second kappa shape index (κ2) is 4.59. The molecule has 1 heterocycles. The van der Waals surface area contributed by atoms with Gasteiger partial charge in [-0.15, -0.1) is 11.3 Å². The van der Waals surface area contributed by atoms with Crippen LogP contribution in [0.15, 0.2) is 29.6 Å². The van der Waals surface area contributed by atoms with E-state index in [1.54, 1.807) is 23.6 Å². The zero-order chi connectivity index (χ0) is 10.7. The van der Waals surface area contributed by atoms with Gasteiger partial charge in [0.15, 0.2) is 16.0 Å². The second-order valence-corrected chi connectivity index (χ2v) is 4.25. The average molecular weight is 244 g/mol. The number of hydrogen-bond donors (Lipinski definition) is 0. The fourth-order valence-corrected chi connectivity index (χ4v) is 1.83. The molecular weight excluding hydrogens is 237 g/mol. The molecule has 5 heteroatoms. The van der Waals surface area contributed by atoms with Gasteiger partial charge >= 0.3 is 0 Å². The molecule has 78 valence electrons.